The highest BCUT2D eigenvalue weighted by molar-refractivity contribution is 6.30. The van der Waals surface area contributed by atoms with Crippen LogP contribution in [0.15, 0.2) is 36.4 Å². The summed E-state index contributed by atoms with van der Waals surface area (Å²) in [7, 11) is 0. The van der Waals surface area contributed by atoms with Crippen LogP contribution in [0, 0.1) is 0 Å². The molecule has 2 N–H and O–H groups in total. The van der Waals surface area contributed by atoms with Crippen molar-refractivity contribution in [3.05, 3.63) is 47.2 Å². The fourth-order valence-electron chi connectivity index (χ4n) is 2.02. The van der Waals surface area contributed by atoms with Gasteiger partial charge in [-0.25, -0.2) is 4.98 Å². The van der Waals surface area contributed by atoms with E-state index < -0.39 is 0 Å². The zero-order valence-corrected chi connectivity index (χ0v) is 12.3. The van der Waals surface area contributed by atoms with Crippen LogP contribution in [0.5, 0.6) is 5.88 Å². The van der Waals surface area contributed by atoms with Crippen molar-refractivity contribution < 1.29 is 4.74 Å². The molecule has 0 aliphatic carbocycles. The van der Waals surface area contributed by atoms with Crippen molar-refractivity contribution in [1.29, 1.82) is 0 Å². The second-order valence-electron chi connectivity index (χ2n) is 4.50. The number of nitrogens with one attached hydrogen (secondary N) is 2. The molecule has 0 spiro atoms. The molecule has 3 aromatic rings. The van der Waals surface area contributed by atoms with E-state index in [0.717, 1.165) is 17.0 Å². The Bertz CT molecular complexity index is 756. The molecule has 0 radical (unpaired) electrons. The summed E-state index contributed by atoms with van der Waals surface area (Å²) in [5, 5.41) is 3.97. The van der Waals surface area contributed by atoms with Gasteiger partial charge in [-0.3, -0.25) is 0 Å². The number of imidazole rings is 1. The largest absolute Gasteiger partial charge is 0.478 e. The molecule has 0 bridgehead atoms. The summed E-state index contributed by atoms with van der Waals surface area (Å²) in [6, 6.07) is 11.3. The van der Waals surface area contributed by atoms with Gasteiger partial charge in [-0.1, -0.05) is 17.7 Å². The van der Waals surface area contributed by atoms with E-state index in [4.69, 9.17) is 16.3 Å². The predicted octanol–water partition coefficient (Wildman–Crippen LogP) is 3.62. The molecule has 108 valence electrons. The summed E-state index contributed by atoms with van der Waals surface area (Å²) in [5.41, 5.74) is 2.50. The summed E-state index contributed by atoms with van der Waals surface area (Å²) < 4.78 is 5.37. The van der Waals surface area contributed by atoms with Gasteiger partial charge in [0.2, 0.25) is 5.88 Å². The molecular weight excluding hydrogens is 288 g/mol. The monoisotopic (exact) mass is 302 g/mol. The summed E-state index contributed by atoms with van der Waals surface area (Å²) >= 11 is 5.95. The first-order valence-corrected chi connectivity index (χ1v) is 7.10. The van der Waals surface area contributed by atoms with Gasteiger partial charge in [-0.2, -0.15) is 4.98 Å². The predicted molar refractivity (Wildman–Crippen MR) is 83.8 cm³/mol. The number of H-pyrrole nitrogens is 1. The molecule has 3 rings (SSSR count). The minimum Gasteiger partial charge on any atom is -0.478 e. The molecule has 2 aromatic heterocycles. The normalized spacial score (nSPS) is 10.8. The van der Waals surface area contributed by atoms with Crippen LogP contribution >= 0.6 is 11.6 Å². The maximum Gasteiger partial charge on any atom is 0.215 e. The number of hydrogen-bond acceptors (Lipinski definition) is 4. The summed E-state index contributed by atoms with van der Waals surface area (Å²) in [6.45, 7) is 3.09. The van der Waals surface area contributed by atoms with Gasteiger partial charge in [0.1, 0.15) is 5.82 Å². The van der Waals surface area contributed by atoms with E-state index in [2.05, 4.69) is 20.3 Å². The molecule has 5 nitrogen and oxygen atoms in total. The number of fused-ring (bicyclic) bond motifs is 1. The van der Waals surface area contributed by atoms with Crippen LogP contribution in [0.3, 0.4) is 0 Å². The maximum atomic E-state index is 5.95. The van der Waals surface area contributed by atoms with E-state index in [0.29, 0.717) is 29.7 Å². The molecule has 6 heteroatoms. The third-order valence-electron chi connectivity index (χ3n) is 2.95. The van der Waals surface area contributed by atoms with Gasteiger partial charge in [-0.05, 0) is 31.2 Å². The molecule has 0 aliphatic rings. The lowest BCUT2D eigenvalue weighted by Gasteiger charge is -2.03. The van der Waals surface area contributed by atoms with Crippen LogP contribution in [-0.4, -0.2) is 21.6 Å². The van der Waals surface area contributed by atoms with E-state index in [1.807, 2.05) is 43.3 Å². The molecule has 0 saturated carbocycles. The van der Waals surface area contributed by atoms with E-state index in [1.165, 1.54) is 0 Å². The Morgan fingerprint density at radius 1 is 1.24 bits per heavy atom. The number of hydrogen-bond donors (Lipinski definition) is 2. The van der Waals surface area contributed by atoms with Crippen LogP contribution in [0.2, 0.25) is 5.02 Å². The number of anilines is 1. The molecule has 0 atom stereocenters. The third-order valence-corrected chi connectivity index (χ3v) is 3.18. The summed E-state index contributed by atoms with van der Waals surface area (Å²) in [4.78, 5) is 12.0. The molecule has 0 amide bonds. The molecule has 2 heterocycles. The molecule has 0 saturated heterocycles. The van der Waals surface area contributed by atoms with Gasteiger partial charge in [0, 0.05) is 16.8 Å². The highest BCUT2D eigenvalue weighted by Gasteiger charge is 2.05. The highest BCUT2D eigenvalue weighted by atomic mass is 35.5. The van der Waals surface area contributed by atoms with Crippen molar-refractivity contribution in [2.45, 2.75) is 13.5 Å². The Kier molecular flexibility index (Phi) is 3.92. The van der Waals surface area contributed by atoms with E-state index in [9.17, 15) is 0 Å². The van der Waals surface area contributed by atoms with E-state index in [1.54, 1.807) is 0 Å². The zero-order chi connectivity index (χ0) is 14.7. The second kappa shape index (κ2) is 6.01. The van der Waals surface area contributed by atoms with Crippen molar-refractivity contribution in [3.63, 3.8) is 0 Å². The number of rotatable bonds is 5. The standard InChI is InChI=1S/C15H15ClN4O/c1-2-21-14-7-6-12-15(20-14)19-13(18-12)9-17-11-5-3-4-10(16)8-11/h3-8,17H,2,9H2,1H3,(H,18,19,20). The number of ether oxygens (including phenoxy) is 1. The minimum absolute atomic E-state index is 0.570. The van der Waals surface area contributed by atoms with Gasteiger partial charge in [0.05, 0.1) is 18.7 Å². The summed E-state index contributed by atoms with van der Waals surface area (Å²) in [5.74, 6) is 1.40. The fourth-order valence-corrected chi connectivity index (χ4v) is 2.21. The average molecular weight is 303 g/mol. The number of nitrogens with zero attached hydrogens (tertiary/aromatic N) is 2. The Morgan fingerprint density at radius 3 is 2.95 bits per heavy atom. The van der Waals surface area contributed by atoms with Crippen LogP contribution in [0.4, 0.5) is 5.69 Å². The van der Waals surface area contributed by atoms with Crippen molar-refractivity contribution in [3.8, 4) is 5.88 Å². The Labute approximate surface area is 127 Å². The molecule has 0 fully saturated rings. The molecular formula is C15H15ClN4O. The topological polar surface area (TPSA) is 62.8 Å². The van der Waals surface area contributed by atoms with E-state index in [-0.39, 0.29) is 0 Å². The van der Waals surface area contributed by atoms with Gasteiger partial charge in [0.15, 0.2) is 5.65 Å². The van der Waals surface area contributed by atoms with Gasteiger partial charge < -0.3 is 15.0 Å². The smallest absolute Gasteiger partial charge is 0.215 e. The Hall–Kier alpha value is -2.27. The van der Waals surface area contributed by atoms with Gasteiger partial charge >= 0.3 is 0 Å². The Balaban J connectivity index is 1.75. The highest BCUT2D eigenvalue weighted by Crippen LogP contribution is 2.17. The number of pyridine rings is 1. The van der Waals surface area contributed by atoms with Crippen molar-refractivity contribution in [1.82, 2.24) is 15.0 Å². The first-order valence-electron chi connectivity index (χ1n) is 6.72. The molecule has 0 aliphatic heterocycles. The molecule has 0 unspecified atom stereocenters. The number of aromatic nitrogens is 3. The average Bonchev–Trinajstić information content (AvgIpc) is 2.88. The van der Waals surface area contributed by atoms with Gasteiger partial charge in [0.25, 0.3) is 0 Å². The first kappa shape index (κ1) is 13.7. The SMILES string of the molecule is CCOc1ccc2[nH]c(CNc3cccc(Cl)c3)nc2n1. The second-order valence-corrected chi connectivity index (χ2v) is 4.94. The van der Waals surface area contributed by atoms with Gasteiger partial charge in [-0.15, -0.1) is 0 Å². The molecule has 21 heavy (non-hydrogen) atoms. The Morgan fingerprint density at radius 2 is 2.14 bits per heavy atom. The van der Waals surface area contributed by atoms with Crippen LogP contribution in [-0.2, 0) is 6.54 Å². The fraction of sp³-hybridized carbons (Fsp3) is 0.200. The molecule has 1 aromatic carbocycles. The lowest BCUT2D eigenvalue weighted by Crippen LogP contribution is -2.00. The quantitative estimate of drug-likeness (QED) is 0.755. The van der Waals surface area contributed by atoms with Crippen LogP contribution in [0.25, 0.3) is 11.2 Å². The minimum atomic E-state index is 0.570. The van der Waals surface area contributed by atoms with Crippen molar-refractivity contribution >= 4 is 28.5 Å². The lowest BCUT2D eigenvalue weighted by molar-refractivity contribution is 0.328. The number of benzene rings is 1. The van der Waals surface area contributed by atoms with Crippen LogP contribution in [0.1, 0.15) is 12.7 Å². The van der Waals surface area contributed by atoms with Crippen molar-refractivity contribution in [2.24, 2.45) is 0 Å². The number of aromatic amines is 1. The van der Waals surface area contributed by atoms with Crippen molar-refractivity contribution in [2.75, 3.05) is 11.9 Å². The lowest BCUT2D eigenvalue weighted by atomic mass is 10.3. The van der Waals surface area contributed by atoms with E-state index >= 15 is 0 Å². The third kappa shape index (κ3) is 3.25. The zero-order valence-electron chi connectivity index (χ0n) is 11.6. The first-order chi connectivity index (χ1) is 10.2. The maximum absolute atomic E-state index is 5.95. The van der Waals surface area contributed by atoms with Crippen LogP contribution < -0.4 is 10.1 Å². The summed E-state index contributed by atoms with van der Waals surface area (Å²) in [6.07, 6.45) is 0. The number of halogens is 1.